The van der Waals surface area contributed by atoms with Crippen molar-refractivity contribution in [2.45, 2.75) is 26.0 Å². The number of carboxylic acid groups (broad SMARTS) is 1. The molecule has 0 spiro atoms. The van der Waals surface area contributed by atoms with Crippen LogP contribution in [-0.2, 0) is 22.7 Å². The van der Waals surface area contributed by atoms with Crippen LogP contribution < -0.4 is 5.48 Å². The Morgan fingerprint density at radius 1 is 1.05 bits per heavy atom. The minimum absolute atomic E-state index is 0.290. The van der Waals surface area contributed by atoms with Gasteiger partial charge in [-0.2, -0.15) is 5.48 Å². The predicted octanol–water partition coefficient (Wildman–Crippen LogP) is 3.04. The number of rotatable bonds is 8. The Labute approximate surface area is 130 Å². The molecule has 0 aliphatic heterocycles. The summed E-state index contributed by atoms with van der Waals surface area (Å²) in [6.07, 6.45) is 0.471. The number of benzene rings is 2. The van der Waals surface area contributed by atoms with Gasteiger partial charge in [0.25, 0.3) is 0 Å². The summed E-state index contributed by atoms with van der Waals surface area (Å²) < 4.78 is 0. The normalized spacial score (nSPS) is 13.5. The first-order valence-corrected chi connectivity index (χ1v) is 7.35. The molecular formula is C18H21NO3. The Kier molecular flexibility index (Phi) is 6.13. The Morgan fingerprint density at radius 3 is 2.14 bits per heavy atom. The van der Waals surface area contributed by atoms with Crippen molar-refractivity contribution < 1.29 is 14.7 Å². The lowest BCUT2D eigenvalue weighted by Crippen LogP contribution is -2.39. The second-order valence-electron chi connectivity index (χ2n) is 5.32. The summed E-state index contributed by atoms with van der Waals surface area (Å²) in [6, 6.07) is 19.1. The van der Waals surface area contributed by atoms with Gasteiger partial charge >= 0.3 is 5.97 Å². The molecule has 0 bridgehead atoms. The average molecular weight is 299 g/mol. The molecule has 0 aliphatic rings. The minimum Gasteiger partial charge on any atom is -0.481 e. The van der Waals surface area contributed by atoms with Gasteiger partial charge < -0.3 is 5.11 Å². The van der Waals surface area contributed by atoms with Gasteiger partial charge in [-0.15, -0.1) is 0 Å². The van der Waals surface area contributed by atoms with Crippen molar-refractivity contribution in [1.82, 2.24) is 5.48 Å². The van der Waals surface area contributed by atoms with Crippen molar-refractivity contribution in [3.8, 4) is 0 Å². The van der Waals surface area contributed by atoms with Gasteiger partial charge in [-0.05, 0) is 24.5 Å². The van der Waals surface area contributed by atoms with E-state index in [1.807, 2.05) is 67.6 Å². The number of carboxylic acids is 1. The number of hydrogen-bond acceptors (Lipinski definition) is 3. The van der Waals surface area contributed by atoms with E-state index in [9.17, 15) is 9.90 Å². The first kappa shape index (κ1) is 16.2. The quantitative estimate of drug-likeness (QED) is 0.736. The third-order valence-electron chi connectivity index (χ3n) is 3.57. The van der Waals surface area contributed by atoms with Gasteiger partial charge in [0.05, 0.1) is 12.5 Å². The molecule has 2 atom stereocenters. The average Bonchev–Trinajstić information content (AvgIpc) is 2.54. The van der Waals surface area contributed by atoms with Gasteiger partial charge in [0, 0.05) is 6.04 Å². The van der Waals surface area contributed by atoms with Crippen LogP contribution in [0.15, 0.2) is 60.7 Å². The molecule has 0 saturated carbocycles. The zero-order valence-electron chi connectivity index (χ0n) is 12.6. The molecule has 2 rings (SSSR count). The number of hydroxylamine groups is 1. The fraction of sp³-hybridized carbons (Fsp3) is 0.278. The third kappa shape index (κ3) is 4.98. The van der Waals surface area contributed by atoms with Crippen LogP contribution in [0, 0.1) is 5.92 Å². The van der Waals surface area contributed by atoms with E-state index in [0.717, 1.165) is 11.1 Å². The lowest BCUT2D eigenvalue weighted by Gasteiger charge is -2.21. The third-order valence-corrected chi connectivity index (χ3v) is 3.57. The van der Waals surface area contributed by atoms with Crippen LogP contribution in [0.1, 0.15) is 18.1 Å². The summed E-state index contributed by atoms with van der Waals surface area (Å²) in [5.74, 6) is -1.37. The molecule has 0 aromatic heterocycles. The van der Waals surface area contributed by atoms with Crippen molar-refractivity contribution in [1.29, 1.82) is 0 Å². The SMILES string of the molecule is C[C@H](NOCc1ccccc1)[C@@H](Cc1ccccc1)C(=O)O. The van der Waals surface area contributed by atoms with Gasteiger partial charge in [-0.1, -0.05) is 60.7 Å². The molecule has 2 aromatic rings. The highest BCUT2D eigenvalue weighted by Gasteiger charge is 2.25. The molecule has 0 radical (unpaired) electrons. The summed E-state index contributed by atoms with van der Waals surface area (Å²) in [5.41, 5.74) is 4.90. The van der Waals surface area contributed by atoms with E-state index >= 15 is 0 Å². The second kappa shape index (κ2) is 8.32. The molecule has 0 fully saturated rings. The standard InChI is InChI=1S/C18H21NO3/c1-14(19-22-13-16-10-6-3-7-11-16)17(18(20)21)12-15-8-4-2-5-9-15/h2-11,14,17,19H,12-13H2,1H3,(H,20,21)/t14-,17+/m0/s1. The van der Waals surface area contributed by atoms with Gasteiger partial charge in [0.15, 0.2) is 0 Å². The summed E-state index contributed by atoms with van der Waals surface area (Å²) in [4.78, 5) is 16.9. The Balaban J connectivity index is 1.87. The van der Waals surface area contributed by atoms with Crippen LogP contribution in [0.4, 0.5) is 0 Å². The largest absolute Gasteiger partial charge is 0.481 e. The van der Waals surface area contributed by atoms with E-state index in [4.69, 9.17) is 4.84 Å². The van der Waals surface area contributed by atoms with Crippen LogP contribution in [0.2, 0.25) is 0 Å². The van der Waals surface area contributed by atoms with E-state index in [2.05, 4.69) is 5.48 Å². The number of aliphatic carboxylic acids is 1. The first-order chi connectivity index (χ1) is 10.7. The first-order valence-electron chi connectivity index (χ1n) is 7.35. The van der Waals surface area contributed by atoms with E-state index in [1.165, 1.54) is 0 Å². The summed E-state index contributed by atoms with van der Waals surface area (Å²) >= 11 is 0. The fourth-order valence-electron chi connectivity index (χ4n) is 2.26. The molecule has 0 amide bonds. The van der Waals surface area contributed by atoms with Crippen molar-refractivity contribution in [3.63, 3.8) is 0 Å². The van der Waals surface area contributed by atoms with Gasteiger partial charge in [-0.25, -0.2) is 0 Å². The lowest BCUT2D eigenvalue weighted by molar-refractivity contribution is -0.144. The van der Waals surface area contributed by atoms with Crippen LogP contribution in [0.5, 0.6) is 0 Å². The van der Waals surface area contributed by atoms with E-state index in [0.29, 0.717) is 13.0 Å². The fourth-order valence-corrected chi connectivity index (χ4v) is 2.26. The molecule has 0 unspecified atom stereocenters. The van der Waals surface area contributed by atoms with Crippen molar-refractivity contribution >= 4 is 5.97 Å². The van der Waals surface area contributed by atoms with Crippen LogP contribution >= 0.6 is 0 Å². The number of hydrogen-bond donors (Lipinski definition) is 2. The molecule has 0 saturated heterocycles. The zero-order valence-corrected chi connectivity index (χ0v) is 12.6. The summed E-state index contributed by atoms with van der Waals surface area (Å²) in [6.45, 7) is 2.23. The lowest BCUT2D eigenvalue weighted by atomic mass is 9.94. The molecular weight excluding hydrogens is 278 g/mol. The highest BCUT2D eigenvalue weighted by Crippen LogP contribution is 2.13. The maximum atomic E-state index is 11.5. The smallest absolute Gasteiger partial charge is 0.308 e. The number of carbonyl (C=O) groups is 1. The van der Waals surface area contributed by atoms with Crippen LogP contribution in [-0.4, -0.2) is 17.1 Å². The minimum atomic E-state index is -0.827. The van der Waals surface area contributed by atoms with Crippen molar-refractivity contribution in [2.24, 2.45) is 5.92 Å². The van der Waals surface area contributed by atoms with E-state index in [-0.39, 0.29) is 6.04 Å². The van der Waals surface area contributed by atoms with Crippen LogP contribution in [0.25, 0.3) is 0 Å². The van der Waals surface area contributed by atoms with Crippen molar-refractivity contribution in [2.75, 3.05) is 0 Å². The van der Waals surface area contributed by atoms with Crippen molar-refractivity contribution in [3.05, 3.63) is 71.8 Å². The topological polar surface area (TPSA) is 58.6 Å². The Bertz CT molecular complexity index is 571. The molecule has 2 N–H and O–H groups in total. The Hall–Kier alpha value is -2.17. The zero-order chi connectivity index (χ0) is 15.8. The molecule has 116 valence electrons. The maximum Gasteiger partial charge on any atom is 0.308 e. The van der Waals surface area contributed by atoms with E-state index in [1.54, 1.807) is 0 Å². The van der Waals surface area contributed by atoms with Gasteiger partial charge in [0.2, 0.25) is 0 Å². The highest BCUT2D eigenvalue weighted by molar-refractivity contribution is 5.71. The van der Waals surface area contributed by atoms with E-state index < -0.39 is 11.9 Å². The summed E-state index contributed by atoms with van der Waals surface area (Å²) in [5, 5.41) is 9.43. The highest BCUT2D eigenvalue weighted by atomic mass is 16.6. The molecule has 22 heavy (non-hydrogen) atoms. The van der Waals surface area contributed by atoms with Gasteiger partial charge in [-0.3, -0.25) is 9.63 Å². The predicted molar refractivity (Wildman–Crippen MR) is 85.1 cm³/mol. The molecule has 4 heteroatoms. The second-order valence-corrected chi connectivity index (χ2v) is 5.32. The molecule has 0 heterocycles. The van der Waals surface area contributed by atoms with Gasteiger partial charge in [0.1, 0.15) is 0 Å². The van der Waals surface area contributed by atoms with Crippen LogP contribution in [0.3, 0.4) is 0 Å². The monoisotopic (exact) mass is 299 g/mol. The molecule has 2 aromatic carbocycles. The maximum absolute atomic E-state index is 11.5. The molecule has 4 nitrogen and oxygen atoms in total. The molecule has 0 aliphatic carbocycles. The summed E-state index contributed by atoms with van der Waals surface area (Å²) in [7, 11) is 0. The number of nitrogens with one attached hydrogen (secondary N) is 1. The Morgan fingerprint density at radius 2 is 1.59 bits per heavy atom.